The average Bonchev–Trinajstić information content (AvgIpc) is 3.49. The Morgan fingerprint density at radius 2 is 1.86 bits per heavy atom. The lowest BCUT2D eigenvalue weighted by atomic mass is 10.2. The van der Waals surface area contributed by atoms with E-state index in [-0.39, 0.29) is 31.6 Å². The Kier molecular flexibility index (Phi) is 7.49. The maximum Gasteiger partial charge on any atom is 0.336 e. The number of esters is 1. The van der Waals surface area contributed by atoms with Gasteiger partial charge in [0.2, 0.25) is 12.7 Å². The van der Waals surface area contributed by atoms with Gasteiger partial charge in [0.25, 0.3) is 0 Å². The number of fused-ring (bicyclic) bond motifs is 1. The van der Waals surface area contributed by atoms with E-state index < -0.39 is 5.97 Å². The molecule has 0 unspecified atom stereocenters. The number of ether oxygens (including phenoxy) is 4. The number of rotatable bonds is 10. The van der Waals surface area contributed by atoms with Gasteiger partial charge < -0.3 is 24.3 Å². The highest BCUT2D eigenvalue weighted by Gasteiger charge is 2.20. The van der Waals surface area contributed by atoms with E-state index in [1.807, 2.05) is 30.3 Å². The van der Waals surface area contributed by atoms with Crippen molar-refractivity contribution in [2.75, 3.05) is 25.3 Å². The lowest BCUT2D eigenvalue weighted by Crippen LogP contribution is -2.14. The van der Waals surface area contributed by atoms with Gasteiger partial charge in [0, 0.05) is 17.7 Å². The van der Waals surface area contributed by atoms with Crippen LogP contribution in [0.4, 0.5) is 5.69 Å². The highest BCUT2D eigenvalue weighted by Crippen LogP contribution is 2.36. The van der Waals surface area contributed by atoms with Crippen LogP contribution >= 0.6 is 0 Å². The van der Waals surface area contributed by atoms with E-state index in [0.29, 0.717) is 42.1 Å². The number of nitrogens with zero attached hydrogens (tertiary/aromatic N) is 3. The lowest BCUT2D eigenvalue weighted by Gasteiger charge is -2.09. The standard InChI is InChI=1S/C25H28N4O6/c1-4-32-23(31)12-11-22(30)26-18-6-8-19(9-7-18)29-24(27-25(28-29)33-14-16(2)3)17-5-10-20-21(13-17)35-15-34-20/h5-10,13,16H,4,11-12,14-15H2,1-3H3,(H,26,30). The Balaban J connectivity index is 1.54. The van der Waals surface area contributed by atoms with E-state index >= 15 is 0 Å². The smallest absolute Gasteiger partial charge is 0.336 e. The summed E-state index contributed by atoms with van der Waals surface area (Å²) in [6, 6.07) is 13.0. The Bertz CT molecular complexity index is 1190. The molecule has 184 valence electrons. The molecule has 0 aliphatic carbocycles. The van der Waals surface area contributed by atoms with Gasteiger partial charge in [-0.05, 0) is 55.3 Å². The zero-order valence-electron chi connectivity index (χ0n) is 19.9. The SMILES string of the molecule is CCOC(=O)CCC(=O)Nc1ccc(-n2nc(OCC(C)C)nc2-c2ccc3c(c2)OCO3)cc1. The molecule has 1 aromatic heterocycles. The number of hydrogen-bond acceptors (Lipinski definition) is 8. The summed E-state index contributed by atoms with van der Waals surface area (Å²) in [6.07, 6.45) is 0.0865. The van der Waals surface area contributed by atoms with E-state index in [0.717, 1.165) is 11.3 Å². The molecule has 1 aliphatic rings. The zero-order chi connectivity index (χ0) is 24.8. The summed E-state index contributed by atoms with van der Waals surface area (Å²) >= 11 is 0. The second kappa shape index (κ2) is 10.9. The number of carbonyl (C=O) groups excluding carboxylic acids is 2. The predicted molar refractivity (Wildman–Crippen MR) is 128 cm³/mol. The topological polar surface area (TPSA) is 114 Å². The number of nitrogens with one attached hydrogen (secondary N) is 1. The first kappa shape index (κ1) is 24.1. The monoisotopic (exact) mass is 480 g/mol. The maximum absolute atomic E-state index is 12.2. The molecule has 4 rings (SSSR count). The van der Waals surface area contributed by atoms with Crippen LogP contribution in [-0.2, 0) is 14.3 Å². The van der Waals surface area contributed by atoms with E-state index in [2.05, 4.69) is 29.2 Å². The van der Waals surface area contributed by atoms with Crippen molar-refractivity contribution in [1.82, 2.24) is 14.8 Å². The van der Waals surface area contributed by atoms with Crippen molar-refractivity contribution in [2.24, 2.45) is 5.92 Å². The van der Waals surface area contributed by atoms with Gasteiger partial charge in [-0.1, -0.05) is 13.8 Å². The van der Waals surface area contributed by atoms with E-state index in [4.69, 9.17) is 18.9 Å². The molecule has 0 atom stereocenters. The van der Waals surface area contributed by atoms with Crippen LogP contribution in [0.25, 0.3) is 17.1 Å². The molecule has 0 spiro atoms. The number of amides is 1. The largest absolute Gasteiger partial charge is 0.466 e. The van der Waals surface area contributed by atoms with Crippen LogP contribution in [0.5, 0.6) is 17.5 Å². The maximum atomic E-state index is 12.2. The van der Waals surface area contributed by atoms with Crippen molar-refractivity contribution in [3.63, 3.8) is 0 Å². The van der Waals surface area contributed by atoms with E-state index in [1.54, 1.807) is 23.7 Å². The van der Waals surface area contributed by atoms with Gasteiger partial charge in [-0.3, -0.25) is 9.59 Å². The summed E-state index contributed by atoms with van der Waals surface area (Å²) in [5.41, 5.74) is 2.12. The minimum Gasteiger partial charge on any atom is -0.466 e. The highest BCUT2D eigenvalue weighted by molar-refractivity contribution is 5.92. The summed E-state index contributed by atoms with van der Waals surface area (Å²) in [5.74, 6) is 1.56. The van der Waals surface area contributed by atoms with Gasteiger partial charge in [0.15, 0.2) is 17.3 Å². The van der Waals surface area contributed by atoms with Crippen molar-refractivity contribution in [3.05, 3.63) is 42.5 Å². The van der Waals surface area contributed by atoms with Crippen molar-refractivity contribution in [1.29, 1.82) is 0 Å². The first-order chi connectivity index (χ1) is 16.9. The predicted octanol–water partition coefficient (Wildman–Crippen LogP) is 3.98. The minimum absolute atomic E-state index is 0.0365. The summed E-state index contributed by atoms with van der Waals surface area (Å²) in [7, 11) is 0. The fourth-order valence-corrected chi connectivity index (χ4v) is 3.36. The van der Waals surface area contributed by atoms with Crippen LogP contribution in [-0.4, -0.2) is 46.6 Å². The quantitative estimate of drug-likeness (QED) is 0.434. The Hall–Kier alpha value is -4.08. The van der Waals surface area contributed by atoms with Crippen LogP contribution in [0.15, 0.2) is 42.5 Å². The fraction of sp³-hybridized carbons (Fsp3) is 0.360. The summed E-state index contributed by atoms with van der Waals surface area (Å²) in [5, 5.41) is 7.34. The Morgan fingerprint density at radius 3 is 2.60 bits per heavy atom. The molecular weight excluding hydrogens is 452 g/mol. The number of aromatic nitrogens is 3. The summed E-state index contributed by atoms with van der Waals surface area (Å²) < 4.78 is 23.2. The van der Waals surface area contributed by atoms with Gasteiger partial charge >= 0.3 is 12.0 Å². The molecule has 0 fully saturated rings. The van der Waals surface area contributed by atoms with Crippen molar-refractivity contribution in [2.45, 2.75) is 33.6 Å². The third-order valence-corrected chi connectivity index (χ3v) is 5.02. The second-order valence-corrected chi connectivity index (χ2v) is 8.30. The molecule has 10 heteroatoms. The van der Waals surface area contributed by atoms with Crippen LogP contribution in [0.1, 0.15) is 33.6 Å². The molecule has 3 aromatic rings. The Labute approximate surface area is 203 Å². The number of benzene rings is 2. The van der Waals surface area contributed by atoms with Crippen LogP contribution in [0.2, 0.25) is 0 Å². The molecular formula is C25H28N4O6. The van der Waals surface area contributed by atoms with E-state index in [9.17, 15) is 9.59 Å². The lowest BCUT2D eigenvalue weighted by molar-refractivity contribution is -0.144. The summed E-state index contributed by atoms with van der Waals surface area (Å²) in [4.78, 5) is 28.2. The van der Waals surface area contributed by atoms with Crippen LogP contribution in [0, 0.1) is 5.92 Å². The van der Waals surface area contributed by atoms with Gasteiger partial charge in [0.05, 0.1) is 25.3 Å². The van der Waals surface area contributed by atoms with Gasteiger partial charge in [-0.25, -0.2) is 4.68 Å². The first-order valence-electron chi connectivity index (χ1n) is 11.5. The fourth-order valence-electron chi connectivity index (χ4n) is 3.36. The Morgan fingerprint density at radius 1 is 1.09 bits per heavy atom. The third-order valence-electron chi connectivity index (χ3n) is 5.02. The summed E-state index contributed by atoms with van der Waals surface area (Å²) in [6.45, 7) is 6.79. The molecule has 2 aromatic carbocycles. The highest BCUT2D eigenvalue weighted by atomic mass is 16.7. The molecule has 1 N–H and O–H groups in total. The second-order valence-electron chi connectivity index (χ2n) is 8.30. The van der Waals surface area contributed by atoms with Crippen molar-refractivity contribution in [3.8, 4) is 34.6 Å². The average molecular weight is 481 g/mol. The zero-order valence-corrected chi connectivity index (χ0v) is 19.9. The van der Waals surface area contributed by atoms with Gasteiger partial charge in [-0.2, -0.15) is 4.98 Å². The normalized spacial score (nSPS) is 12.0. The number of hydrogen-bond donors (Lipinski definition) is 1. The molecule has 1 amide bonds. The van der Waals surface area contributed by atoms with E-state index in [1.165, 1.54) is 0 Å². The van der Waals surface area contributed by atoms with Crippen LogP contribution < -0.4 is 19.5 Å². The molecule has 0 saturated heterocycles. The molecule has 1 aliphatic heterocycles. The molecule has 0 saturated carbocycles. The van der Waals surface area contributed by atoms with Gasteiger partial charge in [-0.15, -0.1) is 5.10 Å². The molecule has 0 bridgehead atoms. The van der Waals surface area contributed by atoms with Crippen molar-refractivity contribution < 1.29 is 28.5 Å². The molecule has 35 heavy (non-hydrogen) atoms. The number of anilines is 1. The van der Waals surface area contributed by atoms with Gasteiger partial charge in [0.1, 0.15) is 0 Å². The minimum atomic E-state index is -0.393. The first-order valence-corrected chi connectivity index (χ1v) is 11.5. The molecule has 10 nitrogen and oxygen atoms in total. The number of carbonyl (C=O) groups is 2. The molecule has 2 heterocycles. The third kappa shape index (κ3) is 6.08. The van der Waals surface area contributed by atoms with Crippen LogP contribution in [0.3, 0.4) is 0 Å². The van der Waals surface area contributed by atoms with Crippen molar-refractivity contribution >= 4 is 17.6 Å². The molecule has 0 radical (unpaired) electrons.